The molecule has 0 spiro atoms. The van der Waals surface area contributed by atoms with Gasteiger partial charge in [-0.25, -0.2) is 0 Å². The van der Waals surface area contributed by atoms with Gasteiger partial charge < -0.3 is 10.0 Å². The molecule has 2 rings (SSSR count). The first-order chi connectivity index (χ1) is 8.24. The standard InChI is InChI=1S/C13H14N2O2/c14-7-3-8-15-9-6-11(13(16)17)10-4-1-2-5-12(10)15/h1-2,4-5,11H,3,6,8-9H2,(H,16,17). The lowest BCUT2D eigenvalue weighted by molar-refractivity contribution is -0.139. The van der Waals surface area contributed by atoms with Gasteiger partial charge in [-0.3, -0.25) is 4.79 Å². The average molecular weight is 230 g/mol. The van der Waals surface area contributed by atoms with Crippen molar-refractivity contribution in [2.45, 2.75) is 18.8 Å². The van der Waals surface area contributed by atoms with E-state index in [1.54, 1.807) is 0 Å². The highest BCUT2D eigenvalue weighted by Crippen LogP contribution is 2.35. The van der Waals surface area contributed by atoms with Crippen LogP contribution in [0.15, 0.2) is 24.3 Å². The minimum absolute atomic E-state index is 0.412. The van der Waals surface area contributed by atoms with Gasteiger partial charge in [0, 0.05) is 18.8 Å². The Balaban J connectivity index is 2.30. The zero-order valence-electron chi connectivity index (χ0n) is 9.47. The third kappa shape index (κ3) is 2.23. The van der Waals surface area contributed by atoms with Gasteiger partial charge in [0.25, 0.3) is 0 Å². The van der Waals surface area contributed by atoms with Crippen molar-refractivity contribution in [3.05, 3.63) is 29.8 Å². The Bertz CT molecular complexity index is 465. The normalized spacial score (nSPS) is 18.3. The maximum absolute atomic E-state index is 11.2. The third-order valence-electron chi connectivity index (χ3n) is 3.13. The van der Waals surface area contributed by atoms with Crippen molar-refractivity contribution in [1.29, 1.82) is 5.26 Å². The number of carboxylic acid groups (broad SMARTS) is 1. The molecule has 1 aromatic rings. The Hall–Kier alpha value is -2.02. The van der Waals surface area contributed by atoms with E-state index in [4.69, 9.17) is 5.26 Å². The predicted molar refractivity (Wildman–Crippen MR) is 63.9 cm³/mol. The number of hydrogen-bond donors (Lipinski definition) is 1. The van der Waals surface area contributed by atoms with Gasteiger partial charge in [-0.05, 0) is 18.1 Å². The quantitative estimate of drug-likeness (QED) is 0.862. The van der Waals surface area contributed by atoms with Crippen molar-refractivity contribution in [2.75, 3.05) is 18.0 Å². The fourth-order valence-corrected chi connectivity index (χ4v) is 2.30. The molecule has 1 unspecified atom stereocenters. The Morgan fingerprint density at radius 3 is 3.00 bits per heavy atom. The highest BCUT2D eigenvalue weighted by molar-refractivity contribution is 5.80. The molecule has 0 saturated heterocycles. The Kier molecular flexibility index (Phi) is 3.29. The molecule has 1 aliphatic rings. The van der Waals surface area contributed by atoms with E-state index in [0.717, 1.165) is 11.3 Å². The lowest BCUT2D eigenvalue weighted by atomic mass is 9.90. The average Bonchev–Trinajstić information content (AvgIpc) is 2.35. The summed E-state index contributed by atoms with van der Waals surface area (Å²) in [4.78, 5) is 13.3. The lowest BCUT2D eigenvalue weighted by Gasteiger charge is -2.33. The minimum Gasteiger partial charge on any atom is -0.481 e. The highest BCUT2D eigenvalue weighted by Gasteiger charge is 2.29. The van der Waals surface area contributed by atoms with Crippen LogP contribution in [0.25, 0.3) is 0 Å². The van der Waals surface area contributed by atoms with Gasteiger partial charge >= 0.3 is 5.97 Å². The van der Waals surface area contributed by atoms with Crippen molar-refractivity contribution >= 4 is 11.7 Å². The zero-order chi connectivity index (χ0) is 12.3. The summed E-state index contributed by atoms with van der Waals surface area (Å²) in [6, 6.07) is 9.69. The summed E-state index contributed by atoms with van der Waals surface area (Å²) in [6.45, 7) is 1.37. The molecule has 88 valence electrons. The number of para-hydroxylation sites is 1. The number of nitrogens with zero attached hydrogens (tertiary/aromatic N) is 2. The predicted octanol–water partition coefficient (Wildman–Crippen LogP) is 1.98. The number of hydrogen-bond acceptors (Lipinski definition) is 3. The topological polar surface area (TPSA) is 64.3 Å². The van der Waals surface area contributed by atoms with Crippen LogP contribution < -0.4 is 4.90 Å². The van der Waals surface area contributed by atoms with E-state index >= 15 is 0 Å². The van der Waals surface area contributed by atoms with Gasteiger partial charge in [0.1, 0.15) is 0 Å². The van der Waals surface area contributed by atoms with Crippen LogP contribution in [0.1, 0.15) is 24.3 Å². The molecule has 17 heavy (non-hydrogen) atoms. The summed E-state index contributed by atoms with van der Waals surface area (Å²) in [5.41, 5.74) is 1.82. The SMILES string of the molecule is N#CCCN1CCC(C(=O)O)c2ccccc21. The summed E-state index contributed by atoms with van der Waals surface area (Å²) in [6.07, 6.45) is 1.07. The number of carbonyl (C=O) groups is 1. The van der Waals surface area contributed by atoms with Gasteiger partial charge in [0.05, 0.1) is 18.4 Å². The van der Waals surface area contributed by atoms with Crippen molar-refractivity contribution in [3.63, 3.8) is 0 Å². The maximum Gasteiger partial charge on any atom is 0.311 e. The molecule has 0 amide bonds. The van der Waals surface area contributed by atoms with Gasteiger partial charge in [-0.2, -0.15) is 5.26 Å². The molecule has 4 nitrogen and oxygen atoms in total. The second kappa shape index (κ2) is 4.88. The van der Waals surface area contributed by atoms with Crippen LogP contribution in [0.2, 0.25) is 0 Å². The molecule has 0 saturated carbocycles. The monoisotopic (exact) mass is 230 g/mol. The molecular weight excluding hydrogens is 216 g/mol. The minimum atomic E-state index is -0.766. The summed E-state index contributed by atoms with van der Waals surface area (Å²) in [7, 11) is 0. The largest absolute Gasteiger partial charge is 0.481 e. The molecule has 0 aromatic heterocycles. The molecule has 4 heteroatoms. The third-order valence-corrected chi connectivity index (χ3v) is 3.13. The molecule has 1 aliphatic heterocycles. The first-order valence-corrected chi connectivity index (χ1v) is 5.67. The van der Waals surface area contributed by atoms with Crippen LogP contribution >= 0.6 is 0 Å². The molecule has 0 aliphatic carbocycles. The molecule has 0 radical (unpaired) electrons. The van der Waals surface area contributed by atoms with Gasteiger partial charge in [-0.15, -0.1) is 0 Å². The van der Waals surface area contributed by atoms with Crippen LogP contribution in [0.5, 0.6) is 0 Å². The van der Waals surface area contributed by atoms with Crippen molar-refractivity contribution in [2.24, 2.45) is 0 Å². The summed E-state index contributed by atoms with van der Waals surface area (Å²) >= 11 is 0. The fraction of sp³-hybridized carbons (Fsp3) is 0.385. The number of benzene rings is 1. The number of rotatable bonds is 3. The Morgan fingerprint density at radius 2 is 2.29 bits per heavy atom. The van der Waals surface area contributed by atoms with Gasteiger partial charge in [0.15, 0.2) is 0 Å². The number of aliphatic carboxylic acids is 1. The van der Waals surface area contributed by atoms with Crippen molar-refractivity contribution < 1.29 is 9.90 Å². The second-order valence-electron chi connectivity index (χ2n) is 4.13. The molecule has 0 bridgehead atoms. The molecule has 1 N–H and O–H groups in total. The van der Waals surface area contributed by atoms with E-state index in [1.807, 2.05) is 24.3 Å². The van der Waals surface area contributed by atoms with E-state index in [2.05, 4.69) is 11.0 Å². The van der Waals surface area contributed by atoms with E-state index < -0.39 is 11.9 Å². The van der Waals surface area contributed by atoms with Crippen LogP contribution in [-0.2, 0) is 4.79 Å². The van der Waals surface area contributed by atoms with Gasteiger partial charge in [-0.1, -0.05) is 18.2 Å². The van der Waals surface area contributed by atoms with Crippen molar-refractivity contribution in [3.8, 4) is 6.07 Å². The second-order valence-corrected chi connectivity index (χ2v) is 4.13. The van der Waals surface area contributed by atoms with Crippen LogP contribution in [-0.4, -0.2) is 24.2 Å². The molecule has 1 heterocycles. The Labute approximate surface area is 100 Å². The Morgan fingerprint density at radius 1 is 1.53 bits per heavy atom. The summed E-state index contributed by atoms with van der Waals surface area (Å²) < 4.78 is 0. The zero-order valence-corrected chi connectivity index (χ0v) is 9.47. The smallest absolute Gasteiger partial charge is 0.311 e. The first kappa shape index (κ1) is 11.5. The van der Waals surface area contributed by atoms with E-state index in [-0.39, 0.29) is 0 Å². The van der Waals surface area contributed by atoms with E-state index in [9.17, 15) is 9.90 Å². The van der Waals surface area contributed by atoms with Crippen LogP contribution in [0.3, 0.4) is 0 Å². The number of fused-ring (bicyclic) bond motifs is 1. The number of carboxylic acids is 1. The van der Waals surface area contributed by atoms with Crippen LogP contribution in [0.4, 0.5) is 5.69 Å². The molecule has 1 aromatic carbocycles. The molecule has 1 atom stereocenters. The van der Waals surface area contributed by atoms with Gasteiger partial charge in [0.2, 0.25) is 0 Å². The number of nitriles is 1. The molecular formula is C13H14N2O2. The van der Waals surface area contributed by atoms with Crippen molar-refractivity contribution in [1.82, 2.24) is 0 Å². The fourth-order valence-electron chi connectivity index (χ4n) is 2.30. The highest BCUT2D eigenvalue weighted by atomic mass is 16.4. The van der Waals surface area contributed by atoms with Crippen LogP contribution in [0, 0.1) is 11.3 Å². The lowest BCUT2D eigenvalue weighted by Crippen LogP contribution is -2.34. The summed E-state index contributed by atoms with van der Waals surface area (Å²) in [5.74, 6) is -1.18. The maximum atomic E-state index is 11.2. The summed E-state index contributed by atoms with van der Waals surface area (Å²) in [5, 5.41) is 17.8. The van der Waals surface area contributed by atoms with E-state index in [0.29, 0.717) is 25.9 Å². The molecule has 0 fully saturated rings. The first-order valence-electron chi connectivity index (χ1n) is 5.67. The van der Waals surface area contributed by atoms with E-state index in [1.165, 1.54) is 0 Å². The number of anilines is 1.